The van der Waals surface area contributed by atoms with Crippen LogP contribution in [0, 0.1) is 0 Å². The summed E-state index contributed by atoms with van der Waals surface area (Å²) in [6.07, 6.45) is 1.75. The lowest BCUT2D eigenvalue weighted by Gasteiger charge is -2.08. The summed E-state index contributed by atoms with van der Waals surface area (Å²) in [6.45, 7) is 5.45. The molecule has 1 rings (SSSR count). The second kappa shape index (κ2) is 6.08. The number of likely N-dealkylation sites (N-methyl/N-ethyl adjacent to an activating group) is 1. The average molecular weight is 217 g/mol. The van der Waals surface area contributed by atoms with Gasteiger partial charge in [0, 0.05) is 17.8 Å². The number of nitrogen functional groups attached to an aromatic ring is 1. The largest absolute Gasteiger partial charge is 0.398 e. The van der Waals surface area contributed by atoms with Crippen LogP contribution in [0.25, 0.3) is 0 Å². The van der Waals surface area contributed by atoms with Gasteiger partial charge >= 0.3 is 0 Å². The molecule has 0 radical (unpaired) electrons. The molecule has 0 aromatic heterocycles. The van der Waals surface area contributed by atoms with E-state index in [1.54, 1.807) is 6.08 Å². The van der Waals surface area contributed by atoms with Crippen LogP contribution in [0.4, 0.5) is 5.69 Å². The molecule has 3 heteroatoms. The summed E-state index contributed by atoms with van der Waals surface area (Å²) in [6, 6.07) is 7.71. The Hall–Kier alpha value is -1.61. The van der Waals surface area contributed by atoms with E-state index in [9.17, 15) is 0 Å². The Balaban J connectivity index is 2.82. The summed E-state index contributed by atoms with van der Waals surface area (Å²) in [5, 5.41) is 0. The number of nitrogens with zero attached hydrogens (tertiary/aromatic N) is 2. The molecule has 1 aromatic rings. The second-order valence-electron chi connectivity index (χ2n) is 3.86. The van der Waals surface area contributed by atoms with E-state index in [2.05, 4.69) is 16.5 Å². The van der Waals surface area contributed by atoms with Crippen LogP contribution in [0.5, 0.6) is 0 Å². The number of hydrogen-bond donors (Lipinski definition) is 1. The minimum atomic E-state index is 0.742. The third-order valence-electron chi connectivity index (χ3n) is 2.26. The Morgan fingerprint density at radius 1 is 1.44 bits per heavy atom. The molecule has 0 atom stereocenters. The molecule has 86 valence electrons. The molecule has 1 aromatic carbocycles. The van der Waals surface area contributed by atoms with Crippen molar-refractivity contribution in [2.75, 3.05) is 32.9 Å². The molecular formula is C13H19N3. The van der Waals surface area contributed by atoms with Gasteiger partial charge in [-0.15, -0.1) is 0 Å². The van der Waals surface area contributed by atoms with Gasteiger partial charge in [-0.2, -0.15) is 0 Å². The standard InChI is InChI=1S/C13H19N3/c1-4-13(15-9-10-16(2)3)11-7-5-6-8-12(11)14/h4-8H,1,9-10,14H2,2-3H3. The fourth-order valence-corrected chi connectivity index (χ4v) is 1.36. The van der Waals surface area contributed by atoms with Gasteiger partial charge in [0.2, 0.25) is 0 Å². The van der Waals surface area contributed by atoms with E-state index in [-0.39, 0.29) is 0 Å². The summed E-state index contributed by atoms with van der Waals surface area (Å²) in [5.74, 6) is 0. The van der Waals surface area contributed by atoms with Gasteiger partial charge in [-0.25, -0.2) is 0 Å². The fraction of sp³-hybridized carbons (Fsp3) is 0.308. The molecule has 0 aliphatic carbocycles. The molecular weight excluding hydrogens is 198 g/mol. The number of aliphatic imine (C=N–C) groups is 1. The highest BCUT2D eigenvalue weighted by molar-refractivity contribution is 6.11. The van der Waals surface area contributed by atoms with Gasteiger partial charge in [0.05, 0.1) is 12.3 Å². The summed E-state index contributed by atoms with van der Waals surface area (Å²) in [5.41, 5.74) is 8.45. The van der Waals surface area contributed by atoms with Crippen LogP contribution in [-0.4, -0.2) is 37.8 Å². The summed E-state index contributed by atoms with van der Waals surface area (Å²) >= 11 is 0. The van der Waals surface area contributed by atoms with Gasteiger partial charge in [-0.3, -0.25) is 4.99 Å². The van der Waals surface area contributed by atoms with E-state index in [0.717, 1.165) is 30.1 Å². The lowest BCUT2D eigenvalue weighted by atomic mass is 10.1. The van der Waals surface area contributed by atoms with Crippen LogP contribution in [0.15, 0.2) is 41.9 Å². The second-order valence-corrected chi connectivity index (χ2v) is 3.86. The molecule has 2 N–H and O–H groups in total. The summed E-state index contributed by atoms with van der Waals surface area (Å²) in [7, 11) is 4.06. The highest BCUT2D eigenvalue weighted by atomic mass is 15.1. The fourth-order valence-electron chi connectivity index (χ4n) is 1.36. The van der Waals surface area contributed by atoms with E-state index < -0.39 is 0 Å². The number of rotatable bonds is 5. The minimum absolute atomic E-state index is 0.742. The number of para-hydroxylation sites is 1. The SMILES string of the molecule is C=CC(=NCCN(C)C)c1ccccc1N. The van der Waals surface area contributed by atoms with Gasteiger partial charge in [0.25, 0.3) is 0 Å². The van der Waals surface area contributed by atoms with Crippen LogP contribution < -0.4 is 5.73 Å². The Morgan fingerprint density at radius 3 is 2.69 bits per heavy atom. The Bertz CT molecular complexity index is 381. The molecule has 3 nitrogen and oxygen atoms in total. The average Bonchev–Trinajstić information content (AvgIpc) is 2.25. The van der Waals surface area contributed by atoms with Crippen molar-refractivity contribution in [2.45, 2.75) is 0 Å². The Labute approximate surface area is 97.3 Å². The molecule has 0 unspecified atom stereocenters. The van der Waals surface area contributed by atoms with Crippen LogP contribution in [0.3, 0.4) is 0 Å². The molecule has 0 aliphatic rings. The number of allylic oxidation sites excluding steroid dienone is 1. The summed E-state index contributed by atoms with van der Waals surface area (Å²) < 4.78 is 0. The monoisotopic (exact) mass is 217 g/mol. The normalized spacial score (nSPS) is 11.8. The Kier molecular flexibility index (Phi) is 4.73. The van der Waals surface area contributed by atoms with Gasteiger partial charge in [-0.05, 0) is 26.2 Å². The molecule has 0 fully saturated rings. The molecule has 0 heterocycles. The summed E-state index contributed by atoms with van der Waals surface area (Å²) in [4.78, 5) is 6.59. The number of nitrogens with two attached hydrogens (primary N) is 1. The molecule has 0 aliphatic heterocycles. The zero-order chi connectivity index (χ0) is 12.0. The molecule has 0 bridgehead atoms. The van der Waals surface area contributed by atoms with Crippen LogP contribution >= 0.6 is 0 Å². The van der Waals surface area contributed by atoms with Crippen molar-refractivity contribution < 1.29 is 0 Å². The molecule has 0 spiro atoms. The van der Waals surface area contributed by atoms with Crippen molar-refractivity contribution in [1.29, 1.82) is 0 Å². The van der Waals surface area contributed by atoms with Gasteiger partial charge < -0.3 is 10.6 Å². The van der Waals surface area contributed by atoms with Crippen molar-refractivity contribution in [3.8, 4) is 0 Å². The maximum absolute atomic E-state index is 5.89. The third-order valence-corrected chi connectivity index (χ3v) is 2.26. The van der Waals surface area contributed by atoms with E-state index in [4.69, 9.17) is 5.73 Å². The van der Waals surface area contributed by atoms with Crippen LogP contribution in [-0.2, 0) is 0 Å². The van der Waals surface area contributed by atoms with Crippen molar-refractivity contribution in [2.24, 2.45) is 4.99 Å². The van der Waals surface area contributed by atoms with Gasteiger partial charge in [0.1, 0.15) is 0 Å². The van der Waals surface area contributed by atoms with Crippen LogP contribution in [0.2, 0.25) is 0 Å². The van der Waals surface area contributed by atoms with E-state index >= 15 is 0 Å². The highest BCUT2D eigenvalue weighted by Crippen LogP contribution is 2.12. The van der Waals surface area contributed by atoms with Crippen molar-refractivity contribution >= 4 is 11.4 Å². The topological polar surface area (TPSA) is 41.6 Å². The predicted molar refractivity (Wildman–Crippen MR) is 71.0 cm³/mol. The van der Waals surface area contributed by atoms with E-state index in [1.807, 2.05) is 38.4 Å². The maximum atomic E-state index is 5.89. The Morgan fingerprint density at radius 2 is 2.12 bits per heavy atom. The van der Waals surface area contributed by atoms with Crippen molar-refractivity contribution in [1.82, 2.24) is 4.90 Å². The quantitative estimate of drug-likeness (QED) is 0.603. The van der Waals surface area contributed by atoms with E-state index in [0.29, 0.717) is 0 Å². The first-order valence-electron chi connectivity index (χ1n) is 5.31. The van der Waals surface area contributed by atoms with Crippen molar-refractivity contribution in [3.63, 3.8) is 0 Å². The third kappa shape index (κ3) is 3.51. The predicted octanol–water partition coefficient (Wildman–Crippen LogP) is 1.81. The number of benzene rings is 1. The van der Waals surface area contributed by atoms with Crippen LogP contribution in [0.1, 0.15) is 5.56 Å². The first-order valence-corrected chi connectivity index (χ1v) is 5.31. The zero-order valence-electron chi connectivity index (χ0n) is 9.98. The zero-order valence-corrected chi connectivity index (χ0v) is 9.98. The van der Waals surface area contributed by atoms with E-state index in [1.165, 1.54) is 0 Å². The number of anilines is 1. The lowest BCUT2D eigenvalue weighted by molar-refractivity contribution is 0.420. The van der Waals surface area contributed by atoms with Crippen molar-refractivity contribution in [3.05, 3.63) is 42.5 Å². The molecule has 0 saturated heterocycles. The molecule has 0 amide bonds. The lowest BCUT2D eigenvalue weighted by Crippen LogP contribution is -2.16. The first-order chi connectivity index (χ1) is 7.65. The smallest absolute Gasteiger partial charge is 0.0661 e. The highest BCUT2D eigenvalue weighted by Gasteiger charge is 2.02. The van der Waals surface area contributed by atoms with Gasteiger partial charge in [0.15, 0.2) is 0 Å². The first kappa shape index (κ1) is 12.5. The van der Waals surface area contributed by atoms with Gasteiger partial charge in [-0.1, -0.05) is 24.8 Å². The molecule has 16 heavy (non-hydrogen) atoms. The maximum Gasteiger partial charge on any atom is 0.0661 e. The number of hydrogen-bond acceptors (Lipinski definition) is 3. The molecule has 0 saturated carbocycles. The minimum Gasteiger partial charge on any atom is -0.398 e.